The van der Waals surface area contributed by atoms with Crippen molar-refractivity contribution in [1.29, 1.82) is 0 Å². The molecule has 0 aromatic carbocycles. The molecule has 3 rings (SSSR count). The van der Waals surface area contributed by atoms with E-state index in [2.05, 4.69) is 25.6 Å². The standard InChI is InChI=1S/C12H12N6O/c1-18-8-9(7-15-18)6-14-12-17-16-11(19-12)10-2-4-13-5-3-10/h2-5,7-8H,6H2,1H3,(H,14,17). The van der Waals surface area contributed by atoms with Crippen molar-refractivity contribution in [3.05, 3.63) is 42.5 Å². The highest BCUT2D eigenvalue weighted by Gasteiger charge is 2.07. The van der Waals surface area contributed by atoms with Crippen molar-refractivity contribution in [2.24, 2.45) is 7.05 Å². The fraction of sp³-hybridized carbons (Fsp3) is 0.167. The van der Waals surface area contributed by atoms with Gasteiger partial charge in [0.2, 0.25) is 5.89 Å². The minimum Gasteiger partial charge on any atom is -0.403 e. The van der Waals surface area contributed by atoms with Crippen LogP contribution in [-0.2, 0) is 13.6 Å². The van der Waals surface area contributed by atoms with Gasteiger partial charge in [-0.25, -0.2) is 0 Å². The van der Waals surface area contributed by atoms with Crippen LogP contribution >= 0.6 is 0 Å². The zero-order valence-electron chi connectivity index (χ0n) is 10.3. The fourth-order valence-corrected chi connectivity index (χ4v) is 1.65. The van der Waals surface area contributed by atoms with Crippen LogP contribution in [0.3, 0.4) is 0 Å². The summed E-state index contributed by atoms with van der Waals surface area (Å²) in [5.74, 6) is 0.469. The van der Waals surface area contributed by atoms with E-state index in [0.29, 0.717) is 18.5 Å². The van der Waals surface area contributed by atoms with Gasteiger partial charge in [0, 0.05) is 43.3 Å². The van der Waals surface area contributed by atoms with Crippen molar-refractivity contribution < 1.29 is 4.42 Å². The number of nitrogens with zero attached hydrogens (tertiary/aromatic N) is 5. The van der Waals surface area contributed by atoms with Crippen LogP contribution in [0, 0.1) is 0 Å². The molecule has 0 saturated carbocycles. The topological polar surface area (TPSA) is 81.7 Å². The van der Waals surface area contributed by atoms with Crippen molar-refractivity contribution >= 4 is 6.01 Å². The van der Waals surface area contributed by atoms with Crippen LogP contribution in [0.1, 0.15) is 5.56 Å². The molecule has 0 radical (unpaired) electrons. The Morgan fingerprint density at radius 2 is 2.11 bits per heavy atom. The van der Waals surface area contributed by atoms with Crippen molar-refractivity contribution in [3.63, 3.8) is 0 Å². The van der Waals surface area contributed by atoms with E-state index in [4.69, 9.17) is 4.42 Å². The minimum absolute atomic E-state index is 0.385. The average molecular weight is 256 g/mol. The SMILES string of the molecule is Cn1cc(CNc2nnc(-c3ccncc3)o2)cn1. The summed E-state index contributed by atoms with van der Waals surface area (Å²) in [5, 5.41) is 15.1. The number of nitrogens with one attached hydrogen (secondary N) is 1. The van der Waals surface area contributed by atoms with Gasteiger partial charge in [-0.15, -0.1) is 5.10 Å². The Labute approximate surface area is 109 Å². The number of aryl methyl sites for hydroxylation is 1. The molecule has 3 aromatic heterocycles. The van der Waals surface area contributed by atoms with Gasteiger partial charge in [-0.3, -0.25) is 9.67 Å². The molecule has 3 aromatic rings. The lowest BCUT2D eigenvalue weighted by Gasteiger charge is -1.97. The molecule has 0 fully saturated rings. The van der Waals surface area contributed by atoms with Gasteiger partial charge < -0.3 is 9.73 Å². The maximum absolute atomic E-state index is 5.51. The molecule has 0 saturated heterocycles. The normalized spacial score (nSPS) is 10.6. The lowest BCUT2D eigenvalue weighted by Crippen LogP contribution is -1.98. The molecule has 3 heterocycles. The lowest BCUT2D eigenvalue weighted by atomic mass is 10.3. The van der Waals surface area contributed by atoms with E-state index in [0.717, 1.165) is 11.1 Å². The molecule has 0 amide bonds. The molecule has 0 aliphatic rings. The van der Waals surface area contributed by atoms with E-state index < -0.39 is 0 Å². The fourth-order valence-electron chi connectivity index (χ4n) is 1.65. The average Bonchev–Trinajstić information content (AvgIpc) is 3.06. The van der Waals surface area contributed by atoms with Gasteiger partial charge in [-0.05, 0) is 12.1 Å². The van der Waals surface area contributed by atoms with Crippen LogP contribution in [-0.4, -0.2) is 25.0 Å². The number of hydrogen-bond donors (Lipinski definition) is 1. The maximum Gasteiger partial charge on any atom is 0.316 e. The molecule has 0 spiro atoms. The Hall–Kier alpha value is -2.70. The number of pyridine rings is 1. The van der Waals surface area contributed by atoms with Crippen molar-refractivity contribution in [2.45, 2.75) is 6.54 Å². The van der Waals surface area contributed by atoms with Crippen LogP contribution in [0.25, 0.3) is 11.5 Å². The van der Waals surface area contributed by atoms with Gasteiger partial charge in [0.25, 0.3) is 0 Å². The summed E-state index contributed by atoms with van der Waals surface area (Å²) < 4.78 is 7.25. The summed E-state index contributed by atoms with van der Waals surface area (Å²) in [6, 6.07) is 4.02. The van der Waals surface area contributed by atoms with E-state index in [1.165, 1.54) is 0 Å². The highest BCUT2D eigenvalue weighted by molar-refractivity contribution is 5.51. The van der Waals surface area contributed by atoms with Crippen LogP contribution in [0.15, 0.2) is 41.3 Å². The van der Waals surface area contributed by atoms with E-state index in [-0.39, 0.29) is 0 Å². The molecule has 0 bridgehead atoms. The third-order valence-electron chi connectivity index (χ3n) is 2.55. The third kappa shape index (κ3) is 2.59. The van der Waals surface area contributed by atoms with Gasteiger partial charge in [-0.1, -0.05) is 5.10 Å². The first-order chi connectivity index (χ1) is 9.31. The van der Waals surface area contributed by atoms with E-state index in [1.807, 2.05) is 25.4 Å². The summed E-state index contributed by atoms with van der Waals surface area (Å²) in [4.78, 5) is 3.94. The number of aromatic nitrogens is 5. The van der Waals surface area contributed by atoms with Crippen LogP contribution in [0.5, 0.6) is 0 Å². The molecule has 19 heavy (non-hydrogen) atoms. The molecular weight excluding hydrogens is 244 g/mol. The Kier molecular flexibility index (Phi) is 2.93. The first kappa shape index (κ1) is 11.4. The predicted molar refractivity (Wildman–Crippen MR) is 68.1 cm³/mol. The van der Waals surface area contributed by atoms with Crippen LogP contribution in [0.2, 0.25) is 0 Å². The zero-order valence-corrected chi connectivity index (χ0v) is 10.3. The molecule has 7 nitrogen and oxygen atoms in total. The Morgan fingerprint density at radius 3 is 2.84 bits per heavy atom. The van der Waals surface area contributed by atoms with Gasteiger partial charge >= 0.3 is 6.01 Å². The first-order valence-corrected chi connectivity index (χ1v) is 5.76. The smallest absolute Gasteiger partial charge is 0.316 e. The highest BCUT2D eigenvalue weighted by atomic mass is 16.4. The first-order valence-electron chi connectivity index (χ1n) is 5.76. The molecule has 96 valence electrons. The monoisotopic (exact) mass is 256 g/mol. The van der Waals surface area contributed by atoms with E-state index >= 15 is 0 Å². The Balaban J connectivity index is 1.68. The zero-order chi connectivity index (χ0) is 13.1. The lowest BCUT2D eigenvalue weighted by molar-refractivity contribution is 0.580. The second-order valence-corrected chi connectivity index (χ2v) is 4.02. The quantitative estimate of drug-likeness (QED) is 0.761. The number of hydrogen-bond acceptors (Lipinski definition) is 6. The molecular formula is C12H12N6O. The minimum atomic E-state index is 0.385. The molecule has 0 unspecified atom stereocenters. The molecule has 0 aliphatic carbocycles. The Bertz CT molecular complexity index is 660. The summed E-state index contributed by atoms with van der Waals surface area (Å²) in [6.45, 7) is 0.589. The summed E-state index contributed by atoms with van der Waals surface area (Å²) in [5.41, 5.74) is 1.89. The van der Waals surface area contributed by atoms with Gasteiger partial charge in [0.1, 0.15) is 0 Å². The Morgan fingerprint density at radius 1 is 1.26 bits per heavy atom. The van der Waals surface area contributed by atoms with Crippen LogP contribution < -0.4 is 5.32 Å². The summed E-state index contributed by atoms with van der Waals surface area (Å²) >= 11 is 0. The van der Waals surface area contributed by atoms with Gasteiger partial charge in [-0.2, -0.15) is 5.10 Å². The van der Waals surface area contributed by atoms with Crippen molar-refractivity contribution in [2.75, 3.05) is 5.32 Å². The summed E-state index contributed by atoms with van der Waals surface area (Å²) in [6.07, 6.45) is 7.07. The second-order valence-electron chi connectivity index (χ2n) is 4.02. The largest absolute Gasteiger partial charge is 0.403 e. The number of anilines is 1. The van der Waals surface area contributed by atoms with E-state index in [1.54, 1.807) is 23.3 Å². The predicted octanol–water partition coefficient (Wildman–Crippen LogP) is 1.48. The molecule has 0 aliphatic heterocycles. The van der Waals surface area contributed by atoms with E-state index in [9.17, 15) is 0 Å². The van der Waals surface area contributed by atoms with Gasteiger partial charge in [0.05, 0.1) is 6.20 Å². The van der Waals surface area contributed by atoms with Crippen molar-refractivity contribution in [1.82, 2.24) is 25.0 Å². The summed E-state index contributed by atoms with van der Waals surface area (Å²) in [7, 11) is 1.87. The van der Waals surface area contributed by atoms with Gasteiger partial charge in [0.15, 0.2) is 0 Å². The highest BCUT2D eigenvalue weighted by Crippen LogP contribution is 2.18. The molecule has 0 atom stereocenters. The molecule has 1 N–H and O–H groups in total. The maximum atomic E-state index is 5.51. The third-order valence-corrected chi connectivity index (χ3v) is 2.55. The second kappa shape index (κ2) is 4.89. The molecule has 7 heteroatoms. The van der Waals surface area contributed by atoms with Crippen molar-refractivity contribution in [3.8, 4) is 11.5 Å². The number of rotatable bonds is 4. The van der Waals surface area contributed by atoms with Crippen LogP contribution in [0.4, 0.5) is 6.01 Å².